The highest BCUT2D eigenvalue weighted by atomic mass is 14.0. The second-order valence-corrected chi connectivity index (χ2v) is 4.43. The molecule has 0 aliphatic carbocycles. The highest BCUT2D eigenvalue weighted by molar-refractivity contribution is 4.55. The van der Waals surface area contributed by atoms with Gasteiger partial charge >= 0.3 is 0 Å². The van der Waals surface area contributed by atoms with Crippen molar-refractivity contribution in [3.05, 3.63) is 6.92 Å². The van der Waals surface area contributed by atoms with E-state index < -0.39 is 0 Å². The summed E-state index contributed by atoms with van der Waals surface area (Å²) in [6.07, 6.45) is 8.12. The lowest BCUT2D eigenvalue weighted by atomic mass is 9.99. The third kappa shape index (κ3) is 8.10. The SMILES string of the molecule is [CH2]CC(C)CCCCCC(C)C. The van der Waals surface area contributed by atoms with Gasteiger partial charge in [-0.1, -0.05) is 66.2 Å². The van der Waals surface area contributed by atoms with E-state index >= 15 is 0 Å². The first-order chi connectivity index (χ1) is 5.66. The zero-order valence-corrected chi connectivity index (χ0v) is 9.10. The second-order valence-electron chi connectivity index (χ2n) is 4.43. The van der Waals surface area contributed by atoms with Crippen LogP contribution in [0.2, 0.25) is 0 Å². The molecule has 0 heterocycles. The Labute approximate surface area is 78.8 Å². The molecule has 0 saturated carbocycles. The fraction of sp³-hybridized carbons (Fsp3) is 0.917. The minimum absolute atomic E-state index is 0.837. The van der Waals surface area contributed by atoms with E-state index in [-0.39, 0.29) is 0 Å². The molecule has 0 aromatic carbocycles. The van der Waals surface area contributed by atoms with E-state index in [4.69, 9.17) is 0 Å². The molecule has 0 heteroatoms. The van der Waals surface area contributed by atoms with Crippen LogP contribution >= 0.6 is 0 Å². The third-order valence-corrected chi connectivity index (χ3v) is 2.47. The molecule has 0 aromatic rings. The highest BCUT2D eigenvalue weighted by Gasteiger charge is 1.98. The van der Waals surface area contributed by atoms with Gasteiger partial charge in [-0.15, -0.1) is 0 Å². The summed E-state index contributed by atoms with van der Waals surface area (Å²) in [5.41, 5.74) is 0. The maximum atomic E-state index is 3.91. The molecular weight excluding hydrogens is 144 g/mol. The van der Waals surface area contributed by atoms with Gasteiger partial charge in [-0.05, 0) is 11.8 Å². The Morgan fingerprint density at radius 2 is 1.50 bits per heavy atom. The van der Waals surface area contributed by atoms with Crippen molar-refractivity contribution in [2.24, 2.45) is 11.8 Å². The molecule has 0 aliphatic heterocycles. The van der Waals surface area contributed by atoms with E-state index in [9.17, 15) is 0 Å². The van der Waals surface area contributed by atoms with E-state index in [0.29, 0.717) is 0 Å². The molecule has 0 N–H and O–H groups in total. The van der Waals surface area contributed by atoms with Crippen LogP contribution in [-0.2, 0) is 0 Å². The summed E-state index contributed by atoms with van der Waals surface area (Å²) in [6.45, 7) is 10.8. The van der Waals surface area contributed by atoms with Crippen LogP contribution < -0.4 is 0 Å². The summed E-state index contributed by atoms with van der Waals surface area (Å²) in [5.74, 6) is 1.72. The maximum Gasteiger partial charge on any atom is -0.0443 e. The lowest BCUT2D eigenvalue weighted by Gasteiger charge is -2.08. The van der Waals surface area contributed by atoms with Gasteiger partial charge in [-0.2, -0.15) is 0 Å². The minimum atomic E-state index is 0.837. The number of unbranched alkanes of at least 4 members (excludes halogenated alkanes) is 2. The Balaban J connectivity index is 3.00. The van der Waals surface area contributed by atoms with Gasteiger partial charge in [0, 0.05) is 0 Å². The predicted octanol–water partition coefficient (Wildman–Crippen LogP) is 4.45. The second kappa shape index (κ2) is 7.64. The zero-order chi connectivity index (χ0) is 9.40. The van der Waals surface area contributed by atoms with Gasteiger partial charge in [-0.3, -0.25) is 0 Å². The molecule has 12 heavy (non-hydrogen) atoms. The van der Waals surface area contributed by atoms with Crippen LogP contribution in [0, 0.1) is 18.8 Å². The van der Waals surface area contributed by atoms with Crippen LogP contribution in [0.5, 0.6) is 0 Å². The molecule has 1 atom stereocenters. The van der Waals surface area contributed by atoms with Crippen LogP contribution in [0.4, 0.5) is 0 Å². The molecule has 0 saturated heterocycles. The first kappa shape index (κ1) is 12.0. The Morgan fingerprint density at radius 1 is 0.917 bits per heavy atom. The highest BCUT2D eigenvalue weighted by Crippen LogP contribution is 2.14. The van der Waals surface area contributed by atoms with Crippen molar-refractivity contribution in [1.29, 1.82) is 0 Å². The van der Waals surface area contributed by atoms with Crippen molar-refractivity contribution in [3.63, 3.8) is 0 Å². The van der Waals surface area contributed by atoms with Crippen molar-refractivity contribution in [2.45, 2.75) is 59.3 Å². The number of rotatable bonds is 7. The summed E-state index contributed by atoms with van der Waals surface area (Å²) in [4.78, 5) is 0. The van der Waals surface area contributed by atoms with Gasteiger partial charge in [-0.25, -0.2) is 0 Å². The van der Waals surface area contributed by atoms with E-state index in [1.165, 1.54) is 32.1 Å². The van der Waals surface area contributed by atoms with Crippen LogP contribution in [0.25, 0.3) is 0 Å². The normalized spacial score (nSPS) is 13.8. The minimum Gasteiger partial charge on any atom is -0.0628 e. The summed E-state index contributed by atoms with van der Waals surface area (Å²) in [5, 5.41) is 0. The zero-order valence-electron chi connectivity index (χ0n) is 9.10. The smallest absolute Gasteiger partial charge is 0.0443 e. The molecule has 0 fully saturated rings. The topological polar surface area (TPSA) is 0 Å². The molecule has 0 rings (SSSR count). The van der Waals surface area contributed by atoms with Gasteiger partial charge in [0.2, 0.25) is 0 Å². The van der Waals surface area contributed by atoms with Crippen LogP contribution in [-0.4, -0.2) is 0 Å². The molecule has 0 aliphatic rings. The molecule has 0 spiro atoms. The van der Waals surface area contributed by atoms with E-state index in [0.717, 1.165) is 18.3 Å². The molecule has 0 amide bonds. The Bertz CT molecular complexity index is 84.0. The maximum absolute atomic E-state index is 3.91. The summed E-state index contributed by atoms with van der Waals surface area (Å²) in [7, 11) is 0. The lowest BCUT2D eigenvalue weighted by molar-refractivity contribution is 0.468. The fourth-order valence-corrected chi connectivity index (χ4v) is 1.37. The first-order valence-electron chi connectivity index (χ1n) is 5.46. The van der Waals surface area contributed by atoms with E-state index in [2.05, 4.69) is 27.7 Å². The average molecular weight is 169 g/mol. The Hall–Kier alpha value is 0. The summed E-state index contributed by atoms with van der Waals surface area (Å²) >= 11 is 0. The molecule has 73 valence electrons. The van der Waals surface area contributed by atoms with Gasteiger partial charge < -0.3 is 0 Å². The van der Waals surface area contributed by atoms with Crippen molar-refractivity contribution >= 4 is 0 Å². The molecule has 0 aromatic heterocycles. The molecule has 0 bridgehead atoms. The largest absolute Gasteiger partial charge is 0.0628 e. The van der Waals surface area contributed by atoms with Crippen molar-refractivity contribution in [1.82, 2.24) is 0 Å². The van der Waals surface area contributed by atoms with Gasteiger partial charge in [0.05, 0.1) is 0 Å². The van der Waals surface area contributed by atoms with Crippen molar-refractivity contribution < 1.29 is 0 Å². The molecule has 0 nitrogen and oxygen atoms in total. The molecule has 1 unspecified atom stereocenters. The van der Waals surface area contributed by atoms with Crippen molar-refractivity contribution in [3.8, 4) is 0 Å². The van der Waals surface area contributed by atoms with Crippen LogP contribution in [0.3, 0.4) is 0 Å². The number of hydrogen-bond donors (Lipinski definition) is 0. The van der Waals surface area contributed by atoms with Gasteiger partial charge in [0.15, 0.2) is 0 Å². The standard InChI is InChI=1S/C12H25/c1-5-12(4)10-8-6-7-9-11(2)3/h11-12H,1,5-10H2,2-4H3. The number of hydrogen-bond acceptors (Lipinski definition) is 0. The monoisotopic (exact) mass is 169 g/mol. The molecular formula is C12H25. The third-order valence-electron chi connectivity index (χ3n) is 2.47. The Morgan fingerprint density at radius 3 is 2.00 bits per heavy atom. The molecule has 1 radical (unpaired) electrons. The predicted molar refractivity (Wildman–Crippen MR) is 57.1 cm³/mol. The first-order valence-corrected chi connectivity index (χ1v) is 5.46. The lowest BCUT2D eigenvalue weighted by Crippen LogP contribution is -1.92. The Kier molecular flexibility index (Phi) is 7.64. The van der Waals surface area contributed by atoms with E-state index in [1.54, 1.807) is 0 Å². The summed E-state index contributed by atoms with van der Waals surface area (Å²) < 4.78 is 0. The van der Waals surface area contributed by atoms with Crippen molar-refractivity contribution in [2.75, 3.05) is 0 Å². The average Bonchev–Trinajstić information content (AvgIpc) is 2.03. The van der Waals surface area contributed by atoms with E-state index in [1.807, 2.05) is 0 Å². The van der Waals surface area contributed by atoms with Gasteiger partial charge in [0.1, 0.15) is 0 Å². The van der Waals surface area contributed by atoms with Crippen LogP contribution in [0.1, 0.15) is 59.3 Å². The van der Waals surface area contributed by atoms with Crippen LogP contribution in [0.15, 0.2) is 0 Å². The fourth-order valence-electron chi connectivity index (χ4n) is 1.37. The summed E-state index contributed by atoms with van der Waals surface area (Å²) in [6, 6.07) is 0. The quantitative estimate of drug-likeness (QED) is 0.494. The van der Waals surface area contributed by atoms with Gasteiger partial charge in [0.25, 0.3) is 0 Å².